The number of carbonyl (C=O) groups is 1. The molecule has 236 valence electrons. The van der Waals surface area contributed by atoms with Crippen molar-refractivity contribution in [2.75, 3.05) is 20.3 Å². The van der Waals surface area contributed by atoms with Gasteiger partial charge in [0.25, 0.3) is 5.56 Å². The van der Waals surface area contributed by atoms with Crippen LogP contribution in [0.5, 0.6) is 11.5 Å². The van der Waals surface area contributed by atoms with E-state index in [1.165, 1.54) is 11.3 Å². The highest BCUT2D eigenvalue weighted by atomic mass is 32.1. The van der Waals surface area contributed by atoms with E-state index in [0.717, 1.165) is 28.5 Å². The van der Waals surface area contributed by atoms with Crippen molar-refractivity contribution in [2.45, 2.75) is 46.2 Å². The summed E-state index contributed by atoms with van der Waals surface area (Å²) in [6, 6.07) is 22.6. The van der Waals surface area contributed by atoms with Crippen molar-refractivity contribution in [1.29, 1.82) is 0 Å². The van der Waals surface area contributed by atoms with Gasteiger partial charge in [0, 0.05) is 39.8 Å². The van der Waals surface area contributed by atoms with E-state index in [1.54, 1.807) is 18.6 Å². The molecule has 0 amide bonds. The number of benzene rings is 3. The molecule has 1 aliphatic heterocycles. The van der Waals surface area contributed by atoms with Crippen LogP contribution >= 0.6 is 11.3 Å². The van der Waals surface area contributed by atoms with Gasteiger partial charge in [0.15, 0.2) is 16.3 Å². The fraction of sp³-hybridized carbons (Fsp3) is 0.270. The summed E-state index contributed by atoms with van der Waals surface area (Å²) in [6.45, 7) is 8.65. The quantitative estimate of drug-likeness (QED) is 0.169. The number of thiazole rings is 1. The standard InChI is InChI=1S/C37H37N3O5S/c1-6-20-45-34-27(17-13-19-29(34)43-5)33-31(36(42)44-7-2)32(24-14-9-8-10-15-24)38-37-40(33)35(41)30(46-37)21-25-22-39(23(3)4)28-18-12-11-16-26(25)28/h8-19,21-23,33H,6-7,20H2,1-5H3/b30-21+/t33-/m1/s1. The second-order valence-electron chi connectivity index (χ2n) is 11.3. The van der Waals surface area contributed by atoms with Gasteiger partial charge >= 0.3 is 5.97 Å². The van der Waals surface area contributed by atoms with Gasteiger partial charge in [0.1, 0.15) is 6.04 Å². The van der Waals surface area contributed by atoms with Crippen molar-refractivity contribution in [3.63, 3.8) is 0 Å². The molecule has 0 radical (unpaired) electrons. The largest absolute Gasteiger partial charge is 0.493 e. The van der Waals surface area contributed by atoms with E-state index in [2.05, 4.69) is 36.7 Å². The number of rotatable bonds is 10. The first-order valence-corrected chi connectivity index (χ1v) is 16.4. The molecule has 5 aromatic rings. The highest BCUT2D eigenvalue weighted by Gasteiger charge is 2.37. The summed E-state index contributed by atoms with van der Waals surface area (Å²) >= 11 is 1.30. The number of para-hydroxylation sites is 2. The van der Waals surface area contributed by atoms with Crippen molar-refractivity contribution in [2.24, 2.45) is 4.99 Å². The maximum absolute atomic E-state index is 14.6. The number of esters is 1. The van der Waals surface area contributed by atoms with E-state index in [-0.39, 0.29) is 23.8 Å². The summed E-state index contributed by atoms with van der Waals surface area (Å²) in [4.78, 5) is 34.0. The van der Waals surface area contributed by atoms with Gasteiger partial charge in [-0.1, -0.05) is 78.9 Å². The Morgan fingerprint density at radius 1 is 1.02 bits per heavy atom. The second-order valence-corrected chi connectivity index (χ2v) is 12.3. The van der Waals surface area contributed by atoms with Crippen LogP contribution in [-0.4, -0.2) is 35.4 Å². The third-order valence-electron chi connectivity index (χ3n) is 7.96. The molecule has 0 saturated carbocycles. The van der Waals surface area contributed by atoms with Gasteiger partial charge in [-0.15, -0.1) is 0 Å². The second kappa shape index (κ2) is 13.2. The SMILES string of the molecule is CCCOc1c(OC)cccc1[C@@H]1C(C(=O)OCC)=C(c2ccccc2)N=c2s/c(=C/c3cn(C(C)C)c4ccccc34)c(=O)n21. The third kappa shape index (κ3) is 5.56. The summed E-state index contributed by atoms with van der Waals surface area (Å²) < 4.78 is 21.9. The number of hydrogen-bond acceptors (Lipinski definition) is 7. The lowest BCUT2D eigenvalue weighted by molar-refractivity contribution is -0.138. The number of methoxy groups -OCH3 is 1. The first-order valence-electron chi connectivity index (χ1n) is 15.6. The first-order chi connectivity index (χ1) is 22.4. The van der Waals surface area contributed by atoms with Gasteiger partial charge in [-0.2, -0.15) is 0 Å². The van der Waals surface area contributed by atoms with Crippen LogP contribution < -0.4 is 24.4 Å². The van der Waals surface area contributed by atoms with Crippen LogP contribution in [-0.2, 0) is 9.53 Å². The first kappa shape index (κ1) is 31.1. The lowest BCUT2D eigenvalue weighted by Crippen LogP contribution is -2.40. The summed E-state index contributed by atoms with van der Waals surface area (Å²) in [5.41, 5.74) is 3.85. The predicted molar refractivity (Wildman–Crippen MR) is 182 cm³/mol. The summed E-state index contributed by atoms with van der Waals surface area (Å²) in [6.07, 6.45) is 4.78. The van der Waals surface area contributed by atoms with Crippen LogP contribution in [0.4, 0.5) is 0 Å². The highest BCUT2D eigenvalue weighted by Crippen LogP contribution is 2.42. The number of fused-ring (bicyclic) bond motifs is 2. The zero-order valence-corrected chi connectivity index (χ0v) is 27.5. The number of aromatic nitrogens is 2. The van der Waals surface area contributed by atoms with Crippen molar-refractivity contribution >= 4 is 40.0 Å². The van der Waals surface area contributed by atoms with E-state index in [9.17, 15) is 9.59 Å². The minimum atomic E-state index is -0.883. The molecule has 2 aromatic heterocycles. The molecule has 1 aliphatic rings. The summed E-state index contributed by atoms with van der Waals surface area (Å²) in [5, 5.41) is 1.05. The van der Waals surface area contributed by atoms with Crippen LogP contribution in [0.25, 0.3) is 22.7 Å². The highest BCUT2D eigenvalue weighted by molar-refractivity contribution is 7.07. The summed E-state index contributed by atoms with van der Waals surface area (Å²) in [5.74, 6) is 0.437. The Bertz CT molecular complexity index is 2120. The van der Waals surface area contributed by atoms with Crippen LogP contribution in [0.3, 0.4) is 0 Å². The Balaban J connectivity index is 1.69. The Hall–Kier alpha value is -4.89. The minimum Gasteiger partial charge on any atom is -0.493 e. The average molecular weight is 636 g/mol. The zero-order chi connectivity index (χ0) is 32.4. The maximum Gasteiger partial charge on any atom is 0.338 e. The molecule has 46 heavy (non-hydrogen) atoms. The van der Waals surface area contributed by atoms with Gasteiger partial charge < -0.3 is 18.8 Å². The van der Waals surface area contributed by atoms with Gasteiger partial charge in [-0.3, -0.25) is 9.36 Å². The van der Waals surface area contributed by atoms with Crippen molar-refractivity contribution in [1.82, 2.24) is 9.13 Å². The number of carbonyl (C=O) groups excluding carboxylic acids is 1. The lowest BCUT2D eigenvalue weighted by Gasteiger charge is -2.27. The molecular weight excluding hydrogens is 598 g/mol. The van der Waals surface area contributed by atoms with Gasteiger partial charge in [-0.05, 0) is 45.4 Å². The third-order valence-corrected chi connectivity index (χ3v) is 8.95. The number of hydrogen-bond donors (Lipinski definition) is 0. The molecule has 3 aromatic carbocycles. The van der Waals surface area contributed by atoms with Crippen molar-refractivity contribution in [3.05, 3.63) is 121 Å². The Labute approximate surface area is 271 Å². The van der Waals surface area contributed by atoms with E-state index < -0.39 is 12.0 Å². The van der Waals surface area contributed by atoms with Crippen LogP contribution in [0.1, 0.15) is 62.9 Å². The number of nitrogens with zero attached hydrogens (tertiary/aromatic N) is 3. The lowest BCUT2D eigenvalue weighted by atomic mass is 9.92. The molecule has 0 saturated heterocycles. The molecule has 1 atom stereocenters. The minimum absolute atomic E-state index is 0.165. The smallest absolute Gasteiger partial charge is 0.338 e. The van der Waals surface area contributed by atoms with E-state index in [4.69, 9.17) is 19.2 Å². The maximum atomic E-state index is 14.6. The molecule has 0 N–H and O–H groups in total. The average Bonchev–Trinajstić information content (AvgIpc) is 3.60. The monoisotopic (exact) mass is 635 g/mol. The topological polar surface area (TPSA) is 84.1 Å². The molecule has 3 heterocycles. The predicted octanol–water partition coefficient (Wildman–Crippen LogP) is 6.27. The van der Waals surface area contributed by atoms with E-state index in [0.29, 0.717) is 38.7 Å². The zero-order valence-electron chi connectivity index (χ0n) is 26.7. The molecule has 8 nitrogen and oxygen atoms in total. The molecular formula is C37H37N3O5S. The Kier molecular flexibility index (Phi) is 8.94. The fourth-order valence-corrected chi connectivity index (χ4v) is 6.91. The van der Waals surface area contributed by atoms with Crippen LogP contribution in [0.2, 0.25) is 0 Å². The molecule has 0 bridgehead atoms. The molecule has 0 unspecified atom stereocenters. The van der Waals surface area contributed by atoms with E-state index >= 15 is 0 Å². The normalized spacial score (nSPS) is 14.8. The molecule has 9 heteroatoms. The Morgan fingerprint density at radius 2 is 1.78 bits per heavy atom. The summed E-state index contributed by atoms with van der Waals surface area (Å²) in [7, 11) is 1.58. The van der Waals surface area contributed by atoms with Crippen molar-refractivity contribution in [3.8, 4) is 11.5 Å². The number of ether oxygens (including phenoxy) is 3. The molecule has 0 aliphatic carbocycles. The van der Waals surface area contributed by atoms with E-state index in [1.807, 2.05) is 73.7 Å². The van der Waals surface area contributed by atoms with Gasteiger partial charge in [0.05, 0.1) is 36.1 Å². The van der Waals surface area contributed by atoms with Gasteiger partial charge in [-0.25, -0.2) is 9.79 Å². The molecule has 6 rings (SSSR count). The molecule has 0 spiro atoms. The van der Waals surface area contributed by atoms with Crippen LogP contribution in [0.15, 0.2) is 94.4 Å². The van der Waals surface area contributed by atoms with Crippen molar-refractivity contribution < 1.29 is 19.0 Å². The van der Waals surface area contributed by atoms with Gasteiger partial charge in [0.2, 0.25) is 0 Å². The Morgan fingerprint density at radius 3 is 2.50 bits per heavy atom. The fourth-order valence-electron chi connectivity index (χ4n) is 5.92. The molecule has 0 fully saturated rings. The van der Waals surface area contributed by atoms with Crippen LogP contribution in [0, 0.1) is 0 Å².